The number of benzene rings is 4. The highest BCUT2D eigenvalue weighted by molar-refractivity contribution is 7.30. The number of fused-ring (bicyclic) bond motifs is 7. The van der Waals surface area contributed by atoms with E-state index in [1.165, 1.54) is 40.3 Å². The summed E-state index contributed by atoms with van der Waals surface area (Å²) < 4.78 is 5.27. The van der Waals surface area contributed by atoms with Crippen LogP contribution in [0.3, 0.4) is 0 Å². The van der Waals surface area contributed by atoms with Crippen LogP contribution in [0.1, 0.15) is 0 Å². The van der Waals surface area contributed by atoms with Gasteiger partial charge in [0.05, 0.1) is 21.1 Å². The number of thiophene rings is 2. The monoisotopic (exact) mass is 415 g/mol. The van der Waals surface area contributed by atoms with Crippen LogP contribution in [0.2, 0.25) is 5.02 Å². The molecule has 0 radical (unpaired) electrons. The molecule has 0 saturated heterocycles. The molecule has 2 aromatic heterocycles. The van der Waals surface area contributed by atoms with Crippen molar-refractivity contribution in [3.8, 4) is 0 Å². The molecule has 0 aliphatic heterocycles. The first-order valence-corrected chi connectivity index (χ1v) is 11.1. The van der Waals surface area contributed by atoms with Crippen LogP contribution in [0, 0.1) is 0 Å². The zero-order valence-electron chi connectivity index (χ0n) is 14.7. The van der Waals surface area contributed by atoms with Gasteiger partial charge in [0.25, 0.3) is 0 Å². The lowest BCUT2D eigenvalue weighted by molar-refractivity contribution is 1.60. The number of anilines is 2. The molecule has 6 aromatic rings. The van der Waals surface area contributed by atoms with Gasteiger partial charge in [-0.1, -0.05) is 60.1 Å². The van der Waals surface area contributed by atoms with Crippen LogP contribution in [0.5, 0.6) is 0 Å². The third-order valence-corrected chi connectivity index (χ3v) is 7.87. The van der Waals surface area contributed by atoms with E-state index < -0.39 is 0 Å². The first-order chi connectivity index (χ1) is 13.8. The van der Waals surface area contributed by atoms with Gasteiger partial charge in [0, 0.05) is 35.6 Å². The van der Waals surface area contributed by atoms with Crippen LogP contribution in [0.4, 0.5) is 11.4 Å². The Kier molecular flexibility index (Phi) is 3.63. The van der Waals surface area contributed by atoms with E-state index >= 15 is 0 Å². The third-order valence-electron chi connectivity index (χ3n) is 5.13. The quantitative estimate of drug-likeness (QED) is 0.298. The maximum atomic E-state index is 6.44. The number of halogens is 1. The Hall–Kier alpha value is -2.59. The van der Waals surface area contributed by atoms with E-state index in [0.717, 1.165) is 16.4 Å². The standard InChI is InChI=1S/C24H14ClNS2/c25-17-9-3-4-10-18(17)26-19-13-16-14-7-1-5-11-20(14)27-23(16)22-15-8-2-6-12-21(15)28-24(19)22/h1-13,26H. The van der Waals surface area contributed by atoms with Crippen molar-refractivity contribution < 1.29 is 0 Å². The fourth-order valence-electron chi connectivity index (χ4n) is 3.87. The molecule has 0 aliphatic rings. The van der Waals surface area contributed by atoms with E-state index in [0.29, 0.717) is 0 Å². The van der Waals surface area contributed by atoms with Gasteiger partial charge in [0.1, 0.15) is 0 Å². The molecule has 0 saturated carbocycles. The molecule has 2 heterocycles. The zero-order valence-corrected chi connectivity index (χ0v) is 17.1. The molecule has 4 heteroatoms. The van der Waals surface area contributed by atoms with Crippen molar-refractivity contribution in [1.82, 2.24) is 0 Å². The topological polar surface area (TPSA) is 12.0 Å². The van der Waals surface area contributed by atoms with E-state index in [1.807, 2.05) is 46.9 Å². The summed E-state index contributed by atoms with van der Waals surface area (Å²) in [6.07, 6.45) is 0. The number of rotatable bonds is 2. The largest absolute Gasteiger partial charge is 0.353 e. The van der Waals surface area contributed by atoms with Gasteiger partial charge in [-0.2, -0.15) is 0 Å². The van der Waals surface area contributed by atoms with E-state index in [1.54, 1.807) is 0 Å². The first-order valence-electron chi connectivity index (χ1n) is 9.06. The molecule has 28 heavy (non-hydrogen) atoms. The Labute approximate surface area is 174 Å². The van der Waals surface area contributed by atoms with Crippen LogP contribution < -0.4 is 5.32 Å². The molecule has 0 aliphatic carbocycles. The highest BCUT2D eigenvalue weighted by atomic mass is 35.5. The molecule has 0 unspecified atom stereocenters. The predicted octanol–water partition coefficient (Wildman–Crippen LogP) is 8.82. The normalized spacial score (nSPS) is 11.8. The lowest BCUT2D eigenvalue weighted by Crippen LogP contribution is -1.91. The van der Waals surface area contributed by atoms with Gasteiger partial charge in [-0.3, -0.25) is 0 Å². The summed E-state index contributed by atoms with van der Waals surface area (Å²) in [6.45, 7) is 0. The summed E-state index contributed by atoms with van der Waals surface area (Å²) in [5, 5.41) is 9.60. The van der Waals surface area contributed by atoms with Gasteiger partial charge < -0.3 is 5.32 Å². The summed E-state index contributed by atoms with van der Waals surface area (Å²) in [6, 6.07) is 27.5. The Bertz CT molecular complexity index is 1510. The lowest BCUT2D eigenvalue weighted by atomic mass is 10.1. The van der Waals surface area contributed by atoms with Crippen LogP contribution in [0.15, 0.2) is 78.9 Å². The third kappa shape index (κ3) is 2.37. The van der Waals surface area contributed by atoms with E-state index in [4.69, 9.17) is 11.6 Å². The summed E-state index contributed by atoms with van der Waals surface area (Å²) in [7, 11) is 0. The zero-order chi connectivity index (χ0) is 18.7. The molecule has 0 amide bonds. The number of para-hydroxylation sites is 1. The molecule has 4 aromatic carbocycles. The molecule has 0 bridgehead atoms. The Morgan fingerprint density at radius 3 is 2.07 bits per heavy atom. The summed E-state index contributed by atoms with van der Waals surface area (Å²) in [5.74, 6) is 0. The molecule has 0 fully saturated rings. The van der Waals surface area contributed by atoms with Gasteiger partial charge in [-0.15, -0.1) is 22.7 Å². The van der Waals surface area contributed by atoms with Crippen LogP contribution in [-0.2, 0) is 0 Å². The minimum Gasteiger partial charge on any atom is -0.353 e. The fraction of sp³-hybridized carbons (Fsp3) is 0. The molecule has 1 nitrogen and oxygen atoms in total. The summed E-state index contributed by atoms with van der Waals surface area (Å²) in [4.78, 5) is 0. The van der Waals surface area contributed by atoms with Crippen LogP contribution >= 0.6 is 34.3 Å². The summed E-state index contributed by atoms with van der Waals surface area (Å²) >= 11 is 10.2. The Morgan fingerprint density at radius 2 is 1.25 bits per heavy atom. The number of nitrogens with one attached hydrogen (secondary N) is 1. The van der Waals surface area contributed by atoms with E-state index in [-0.39, 0.29) is 0 Å². The van der Waals surface area contributed by atoms with Crippen molar-refractivity contribution in [1.29, 1.82) is 0 Å². The average Bonchev–Trinajstić information content (AvgIpc) is 3.28. The van der Waals surface area contributed by atoms with Crippen LogP contribution in [-0.4, -0.2) is 0 Å². The van der Waals surface area contributed by atoms with Crippen molar-refractivity contribution in [2.24, 2.45) is 0 Å². The van der Waals surface area contributed by atoms with Crippen LogP contribution in [0.25, 0.3) is 40.3 Å². The van der Waals surface area contributed by atoms with Crippen molar-refractivity contribution >= 4 is 86.0 Å². The van der Waals surface area contributed by atoms with Crippen molar-refractivity contribution in [3.63, 3.8) is 0 Å². The smallest absolute Gasteiger partial charge is 0.0640 e. The lowest BCUT2D eigenvalue weighted by Gasteiger charge is -2.10. The van der Waals surface area contributed by atoms with E-state index in [2.05, 4.69) is 59.9 Å². The molecule has 6 rings (SSSR count). The van der Waals surface area contributed by atoms with Gasteiger partial charge in [-0.05, 0) is 30.3 Å². The van der Waals surface area contributed by atoms with E-state index in [9.17, 15) is 0 Å². The molecular formula is C24H14ClNS2. The second-order valence-electron chi connectivity index (χ2n) is 6.81. The SMILES string of the molecule is Clc1ccccc1Nc1cc2c3ccccc3sc2c2c1sc1ccccc12. The molecular weight excluding hydrogens is 402 g/mol. The van der Waals surface area contributed by atoms with Gasteiger partial charge in [0.2, 0.25) is 0 Å². The Balaban J connectivity index is 1.77. The second-order valence-corrected chi connectivity index (χ2v) is 9.32. The number of hydrogen-bond donors (Lipinski definition) is 1. The molecule has 134 valence electrons. The minimum atomic E-state index is 0.729. The van der Waals surface area contributed by atoms with Crippen molar-refractivity contribution in [2.45, 2.75) is 0 Å². The molecule has 1 N–H and O–H groups in total. The first kappa shape index (κ1) is 16.4. The highest BCUT2D eigenvalue weighted by Gasteiger charge is 2.17. The fourth-order valence-corrected chi connectivity index (χ4v) is 6.54. The molecule has 0 spiro atoms. The molecule has 0 atom stereocenters. The summed E-state index contributed by atoms with van der Waals surface area (Å²) in [5.41, 5.74) is 2.04. The Morgan fingerprint density at radius 1 is 0.607 bits per heavy atom. The van der Waals surface area contributed by atoms with Gasteiger partial charge in [0.15, 0.2) is 0 Å². The van der Waals surface area contributed by atoms with Gasteiger partial charge in [-0.25, -0.2) is 0 Å². The van der Waals surface area contributed by atoms with Crippen molar-refractivity contribution in [2.75, 3.05) is 5.32 Å². The minimum absolute atomic E-state index is 0.729. The van der Waals surface area contributed by atoms with Gasteiger partial charge >= 0.3 is 0 Å². The maximum Gasteiger partial charge on any atom is 0.0640 e. The maximum absolute atomic E-state index is 6.44. The highest BCUT2D eigenvalue weighted by Crippen LogP contribution is 2.48. The predicted molar refractivity (Wildman–Crippen MR) is 127 cm³/mol. The second kappa shape index (κ2) is 6.21. The van der Waals surface area contributed by atoms with Crippen molar-refractivity contribution in [3.05, 3.63) is 83.9 Å². The average molecular weight is 416 g/mol. The number of hydrogen-bond acceptors (Lipinski definition) is 3.